The minimum atomic E-state index is -0.402. The van der Waals surface area contributed by atoms with Gasteiger partial charge < -0.3 is 5.32 Å². The minimum absolute atomic E-state index is 0.256. The Labute approximate surface area is 174 Å². The summed E-state index contributed by atoms with van der Waals surface area (Å²) >= 11 is 6.15. The normalized spacial score (nSPS) is 14.0. The van der Waals surface area contributed by atoms with Gasteiger partial charge in [0.15, 0.2) is 0 Å². The standard InChI is InChI=1S/C24H19ClN2O2/c1-15-7-6-10-19(13-15)26-22-21(17-8-4-3-5-9-17)23(28)27(24(22)29)20-14-18(25)12-11-16(20)2/h3-14,26H,1-2H3. The first kappa shape index (κ1) is 19.0. The fraction of sp³-hybridized carbons (Fsp3) is 0.0833. The number of benzene rings is 3. The molecule has 4 nitrogen and oxygen atoms in total. The molecule has 2 amide bonds. The lowest BCUT2D eigenvalue weighted by atomic mass is 10.0. The third-order valence-corrected chi connectivity index (χ3v) is 5.08. The number of rotatable bonds is 4. The van der Waals surface area contributed by atoms with Crippen molar-refractivity contribution in [1.29, 1.82) is 0 Å². The third kappa shape index (κ3) is 3.55. The fourth-order valence-corrected chi connectivity index (χ4v) is 3.59. The first-order chi connectivity index (χ1) is 14.0. The number of carbonyl (C=O) groups excluding carboxylic acids is 2. The van der Waals surface area contributed by atoms with Gasteiger partial charge in [0.25, 0.3) is 11.8 Å². The molecule has 0 atom stereocenters. The third-order valence-electron chi connectivity index (χ3n) is 4.85. The maximum atomic E-state index is 13.4. The summed E-state index contributed by atoms with van der Waals surface area (Å²) in [6, 6.07) is 22.1. The highest BCUT2D eigenvalue weighted by molar-refractivity contribution is 6.46. The second-order valence-electron chi connectivity index (χ2n) is 6.99. The van der Waals surface area contributed by atoms with Crippen molar-refractivity contribution in [2.75, 3.05) is 10.2 Å². The van der Waals surface area contributed by atoms with Crippen LogP contribution in [-0.2, 0) is 9.59 Å². The molecule has 0 unspecified atom stereocenters. The van der Waals surface area contributed by atoms with Crippen LogP contribution in [0.15, 0.2) is 78.5 Å². The highest BCUT2D eigenvalue weighted by Gasteiger charge is 2.40. The molecule has 0 saturated heterocycles. The molecule has 4 rings (SSSR count). The number of nitrogens with one attached hydrogen (secondary N) is 1. The Morgan fingerprint density at radius 2 is 1.59 bits per heavy atom. The van der Waals surface area contributed by atoms with Gasteiger partial charge in [-0.2, -0.15) is 0 Å². The fourth-order valence-electron chi connectivity index (χ4n) is 3.43. The first-order valence-electron chi connectivity index (χ1n) is 9.24. The van der Waals surface area contributed by atoms with Crippen molar-refractivity contribution in [2.24, 2.45) is 0 Å². The van der Waals surface area contributed by atoms with Crippen LogP contribution in [0.1, 0.15) is 16.7 Å². The van der Waals surface area contributed by atoms with E-state index in [1.54, 1.807) is 18.2 Å². The quantitative estimate of drug-likeness (QED) is 0.598. The zero-order valence-electron chi connectivity index (χ0n) is 16.1. The van der Waals surface area contributed by atoms with Gasteiger partial charge in [0, 0.05) is 10.7 Å². The van der Waals surface area contributed by atoms with Gasteiger partial charge in [-0.3, -0.25) is 9.59 Å². The number of amides is 2. The van der Waals surface area contributed by atoms with Crippen molar-refractivity contribution in [3.63, 3.8) is 0 Å². The van der Waals surface area contributed by atoms with Gasteiger partial charge >= 0.3 is 0 Å². The van der Waals surface area contributed by atoms with Gasteiger partial charge in [0.05, 0.1) is 11.3 Å². The van der Waals surface area contributed by atoms with E-state index in [2.05, 4.69) is 5.32 Å². The van der Waals surface area contributed by atoms with E-state index >= 15 is 0 Å². The maximum Gasteiger partial charge on any atom is 0.282 e. The Kier molecular flexibility index (Phi) is 4.95. The zero-order chi connectivity index (χ0) is 20.5. The molecule has 144 valence electrons. The van der Waals surface area contributed by atoms with E-state index in [4.69, 9.17) is 11.6 Å². The van der Waals surface area contributed by atoms with Crippen molar-refractivity contribution in [3.8, 4) is 0 Å². The minimum Gasteiger partial charge on any atom is -0.350 e. The predicted octanol–water partition coefficient (Wildman–Crippen LogP) is 5.35. The number of halogens is 1. The predicted molar refractivity (Wildman–Crippen MR) is 117 cm³/mol. The molecule has 0 spiro atoms. The van der Waals surface area contributed by atoms with E-state index in [0.717, 1.165) is 16.8 Å². The molecule has 1 N–H and O–H groups in total. The number of carbonyl (C=O) groups is 2. The van der Waals surface area contributed by atoms with Crippen molar-refractivity contribution in [2.45, 2.75) is 13.8 Å². The molecule has 1 aliphatic heterocycles. The van der Waals surface area contributed by atoms with Crippen LogP contribution >= 0.6 is 11.6 Å². The molecule has 29 heavy (non-hydrogen) atoms. The van der Waals surface area contributed by atoms with E-state index < -0.39 is 5.91 Å². The molecule has 0 bridgehead atoms. The summed E-state index contributed by atoms with van der Waals surface area (Å²) in [5.41, 5.74) is 4.36. The average molecular weight is 403 g/mol. The van der Waals surface area contributed by atoms with E-state index in [1.165, 1.54) is 4.90 Å². The van der Waals surface area contributed by atoms with Crippen LogP contribution in [0.2, 0.25) is 5.02 Å². The zero-order valence-corrected chi connectivity index (χ0v) is 16.8. The Hall–Kier alpha value is -3.37. The molecule has 0 saturated carbocycles. The largest absolute Gasteiger partial charge is 0.350 e. The van der Waals surface area contributed by atoms with Crippen LogP contribution in [0.3, 0.4) is 0 Å². The van der Waals surface area contributed by atoms with Gasteiger partial charge in [0.2, 0.25) is 0 Å². The summed E-state index contributed by atoms with van der Waals surface area (Å²) in [7, 11) is 0. The number of nitrogens with zero attached hydrogens (tertiary/aromatic N) is 1. The summed E-state index contributed by atoms with van der Waals surface area (Å²) in [4.78, 5) is 28.0. The number of hydrogen-bond acceptors (Lipinski definition) is 3. The van der Waals surface area contributed by atoms with Crippen molar-refractivity contribution < 1.29 is 9.59 Å². The Balaban J connectivity index is 1.85. The second-order valence-corrected chi connectivity index (χ2v) is 7.42. The Morgan fingerprint density at radius 1 is 0.828 bits per heavy atom. The van der Waals surface area contributed by atoms with E-state index in [9.17, 15) is 9.59 Å². The van der Waals surface area contributed by atoms with Crippen LogP contribution in [0.4, 0.5) is 11.4 Å². The van der Waals surface area contributed by atoms with Gasteiger partial charge in [0.1, 0.15) is 5.70 Å². The Morgan fingerprint density at radius 3 is 2.31 bits per heavy atom. The molecule has 1 aliphatic rings. The highest BCUT2D eigenvalue weighted by atomic mass is 35.5. The maximum absolute atomic E-state index is 13.4. The molecular weight excluding hydrogens is 384 g/mol. The smallest absolute Gasteiger partial charge is 0.282 e. The molecule has 3 aromatic rings. The molecule has 0 radical (unpaired) electrons. The monoisotopic (exact) mass is 402 g/mol. The Bertz CT molecular complexity index is 1150. The van der Waals surface area contributed by atoms with Crippen molar-refractivity contribution in [3.05, 3.63) is 100 Å². The lowest BCUT2D eigenvalue weighted by Gasteiger charge is -2.18. The lowest BCUT2D eigenvalue weighted by Crippen LogP contribution is -2.33. The van der Waals surface area contributed by atoms with Gasteiger partial charge in [-0.1, -0.05) is 60.1 Å². The average Bonchev–Trinajstić information content (AvgIpc) is 2.94. The molecule has 1 heterocycles. The number of anilines is 2. The summed E-state index contributed by atoms with van der Waals surface area (Å²) in [5, 5.41) is 3.64. The van der Waals surface area contributed by atoms with Gasteiger partial charge in [-0.25, -0.2) is 4.90 Å². The topological polar surface area (TPSA) is 49.4 Å². The van der Waals surface area contributed by atoms with Gasteiger partial charge in [-0.05, 0) is 54.8 Å². The molecule has 5 heteroatoms. The number of hydrogen-bond donors (Lipinski definition) is 1. The van der Waals surface area contributed by atoms with Crippen LogP contribution in [-0.4, -0.2) is 11.8 Å². The summed E-state index contributed by atoms with van der Waals surface area (Å²) in [6.07, 6.45) is 0. The number of aryl methyl sites for hydroxylation is 2. The van der Waals surface area contributed by atoms with Gasteiger partial charge in [-0.15, -0.1) is 0 Å². The molecule has 3 aromatic carbocycles. The van der Waals surface area contributed by atoms with E-state index in [1.807, 2.05) is 68.4 Å². The molecule has 0 aromatic heterocycles. The van der Waals surface area contributed by atoms with E-state index in [0.29, 0.717) is 21.8 Å². The molecule has 0 aliphatic carbocycles. The first-order valence-corrected chi connectivity index (χ1v) is 9.62. The number of imide groups is 1. The SMILES string of the molecule is Cc1cccc(NC2=C(c3ccccc3)C(=O)N(c3cc(Cl)ccc3C)C2=O)c1. The summed E-state index contributed by atoms with van der Waals surface area (Å²) < 4.78 is 0. The highest BCUT2D eigenvalue weighted by Crippen LogP contribution is 2.36. The summed E-state index contributed by atoms with van der Waals surface area (Å²) in [5.74, 6) is -0.776. The summed E-state index contributed by atoms with van der Waals surface area (Å²) in [6.45, 7) is 3.82. The van der Waals surface area contributed by atoms with Crippen molar-refractivity contribution >= 4 is 40.4 Å². The van der Waals surface area contributed by atoms with Crippen LogP contribution in [0.5, 0.6) is 0 Å². The van der Waals surface area contributed by atoms with E-state index in [-0.39, 0.29) is 11.6 Å². The molecule has 0 fully saturated rings. The second kappa shape index (κ2) is 7.57. The van der Waals surface area contributed by atoms with Crippen LogP contribution in [0, 0.1) is 13.8 Å². The van der Waals surface area contributed by atoms with Crippen LogP contribution in [0.25, 0.3) is 5.57 Å². The molecular formula is C24H19ClN2O2. The van der Waals surface area contributed by atoms with Crippen molar-refractivity contribution in [1.82, 2.24) is 0 Å². The van der Waals surface area contributed by atoms with Crippen LogP contribution < -0.4 is 10.2 Å². The lowest BCUT2D eigenvalue weighted by molar-refractivity contribution is -0.120.